The van der Waals surface area contributed by atoms with E-state index in [2.05, 4.69) is 29.8 Å². The van der Waals surface area contributed by atoms with Crippen LogP contribution in [0.15, 0.2) is 0 Å². The van der Waals surface area contributed by atoms with Gasteiger partial charge >= 0.3 is 0 Å². The van der Waals surface area contributed by atoms with Gasteiger partial charge in [0.05, 0.1) is 0 Å². The minimum atomic E-state index is 0.636. The normalized spacial score (nSPS) is 33.8. The maximum absolute atomic E-state index is 5.32. The predicted octanol–water partition coefficient (Wildman–Crippen LogP) is 3.22. The van der Waals surface area contributed by atoms with E-state index in [0.717, 1.165) is 19.1 Å². The van der Waals surface area contributed by atoms with Crippen molar-refractivity contribution in [3.8, 4) is 0 Å². The smallest absolute Gasteiger partial charge is 0.0466 e. The third-order valence-corrected chi connectivity index (χ3v) is 4.15. The van der Waals surface area contributed by atoms with Gasteiger partial charge in [0, 0.05) is 18.5 Å². The summed E-state index contributed by atoms with van der Waals surface area (Å²) in [7, 11) is 0. The van der Waals surface area contributed by atoms with Gasteiger partial charge < -0.3 is 4.74 Å². The molecule has 0 N–H and O–H groups in total. The van der Waals surface area contributed by atoms with Crippen LogP contribution in [0.2, 0.25) is 0 Å². The van der Waals surface area contributed by atoms with Gasteiger partial charge in [0.2, 0.25) is 0 Å². The highest BCUT2D eigenvalue weighted by molar-refractivity contribution is 9.09. The van der Waals surface area contributed by atoms with E-state index >= 15 is 0 Å². The molecule has 1 rings (SSSR count). The molecule has 1 nitrogen and oxygen atoms in total. The van der Waals surface area contributed by atoms with Gasteiger partial charge in [-0.25, -0.2) is 0 Å². The molecule has 72 valence electrons. The van der Waals surface area contributed by atoms with E-state index < -0.39 is 0 Å². The molecule has 0 aliphatic heterocycles. The van der Waals surface area contributed by atoms with E-state index in [0.29, 0.717) is 5.41 Å². The van der Waals surface area contributed by atoms with Gasteiger partial charge in [0.15, 0.2) is 0 Å². The van der Waals surface area contributed by atoms with E-state index in [1.165, 1.54) is 24.6 Å². The van der Waals surface area contributed by atoms with E-state index in [9.17, 15) is 0 Å². The summed E-state index contributed by atoms with van der Waals surface area (Å²) in [4.78, 5) is 0. The maximum atomic E-state index is 5.32. The molecule has 2 unspecified atom stereocenters. The second-order valence-corrected chi connectivity index (χ2v) is 4.46. The number of hydrogen-bond acceptors (Lipinski definition) is 1. The van der Waals surface area contributed by atoms with Crippen LogP contribution in [0, 0.1) is 11.3 Å². The largest absolute Gasteiger partial charge is 0.382 e. The lowest BCUT2D eigenvalue weighted by Gasteiger charge is -2.12. The fourth-order valence-electron chi connectivity index (χ4n) is 1.82. The number of ether oxygens (including phenoxy) is 1. The Morgan fingerprint density at radius 2 is 2.25 bits per heavy atom. The van der Waals surface area contributed by atoms with Crippen molar-refractivity contribution in [2.45, 2.75) is 33.1 Å². The molecule has 1 aliphatic carbocycles. The number of alkyl halides is 1. The molecular weight excluding hydrogens is 216 g/mol. The van der Waals surface area contributed by atoms with E-state index in [-0.39, 0.29) is 0 Å². The molecule has 12 heavy (non-hydrogen) atoms. The Balaban J connectivity index is 2.06. The van der Waals surface area contributed by atoms with E-state index in [1.54, 1.807) is 0 Å². The van der Waals surface area contributed by atoms with Crippen LogP contribution >= 0.6 is 15.9 Å². The third-order valence-electron chi connectivity index (χ3n) is 3.03. The monoisotopic (exact) mass is 234 g/mol. The average molecular weight is 235 g/mol. The first-order valence-electron chi connectivity index (χ1n) is 4.89. The first kappa shape index (κ1) is 10.5. The zero-order chi connectivity index (χ0) is 9.03. The Kier molecular flexibility index (Phi) is 4.04. The molecule has 0 spiro atoms. The molecule has 0 saturated heterocycles. The third kappa shape index (κ3) is 2.46. The second-order valence-electron chi connectivity index (χ2n) is 3.90. The lowest BCUT2D eigenvalue weighted by molar-refractivity contribution is 0.138. The average Bonchev–Trinajstić information content (AvgIpc) is 2.72. The zero-order valence-electron chi connectivity index (χ0n) is 8.11. The van der Waals surface area contributed by atoms with Gasteiger partial charge in [0.25, 0.3) is 0 Å². The van der Waals surface area contributed by atoms with Crippen LogP contribution < -0.4 is 0 Å². The minimum absolute atomic E-state index is 0.636. The Bertz CT molecular complexity index is 134. The molecule has 0 heterocycles. The van der Waals surface area contributed by atoms with Crippen LogP contribution in [-0.4, -0.2) is 18.5 Å². The number of halogens is 1. The van der Waals surface area contributed by atoms with Crippen molar-refractivity contribution < 1.29 is 4.74 Å². The lowest BCUT2D eigenvalue weighted by Crippen LogP contribution is -2.06. The van der Waals surface area contributed by atoms with Crippen molar-refractivity contribution in [1.29, 1.82) is 0 Å². The van der Waals surface area contributed by atoms with Crippen LogP contribution in [0.5, 0.6) is 0 Å². The van der Waals surface area contributed by atoms with Crippen LogP contribution in [0.3, 0.4) is 0 Å². The van der Waals surface area contributed by atoms with Crippen molar-refractivity contribution in [3.63, 3.8) is 0 Å². The number of hydrogen-bond donors (Lipinski definition) is 0. The summed E-state index contributed by atoms with van der Waals surface area (Å²) in [6.45, 7) is 6.21. The molecular formula is C10H19BrO. The van der Waals surface area contributed by atoms with Gasteiger partial charge in [-0.05, 0) is 37.5 Å². The van der Waals surface area contributed by atoms with Crippen LogP contribution in [-0.2, 0) is 4.74 Å². The summed E-state index contributed by atoms with van der Waals surface area (Å²) in [5.74, 6) is 0.929. The summed E-state index contributed by atoms with van der Waals surface area (Å²) < 4.78 is 5.32. The predicted molar refractivity (Wildman–Crippen MR) is 55.7 cm³/mol. The zero-order valence-corrected chi connectivity index (χ0v) is 9.69. The van der Waals surface area contributed by atoms with Gasteiger partial charge in [0.1, 0.15) is 0 Å². The molecule has 0 bridgehead atoms. The molecule has 1 aliphatic rings. The van der Waals surface area contributed by atoms with Gasteiger partial charge in [-0.1, -0.05) is 22.9 Å². The maximum Gasteiger partial charge on any atom is 0.0466 e. The standard InChI is InChI=1S/C10H19BrO/c1-3-12-6-4-5-10(8-11)7-9(10)2/h9H,3-8H2,1-2H3. The molecule has 0 radical (unpaired) electrons. The molecule has 0 aromatic carbocycles. The topological polar surface area (TPSA) is 9.23 Å². The van der Waals surface area contributed by atoms with Crippen molar-refractivity contribution in [1.82, 2.24) is 0 Å². The van der Waals surface area contributed by atoms with Crippen molar-refractivity contribution in [3.05, 3.63) is 0 Å². The van der Waals surface area contributed by atoms with Crippen LogP contribution in [0.4, 0.5) is 0 Å². The first-order chi connectivity index (χ1) is 5.75. The SMILES string of the molecule is CCOCCCC1(CBr)CC1C. The lowest BCUT2D eigenvalue weighted by atomic mass is 10.0. The van der Waals surface area contributed by atoms with Crippen molar-refractivity contribution >= 4 is 15.9 Å². The fraction of sp³-hybridized carbons (Fsp3) is 1.00. The van der Waals surface area contributed by atoms with Gasteiger partial charge in [-0.15, -0.1) is 0 Å². The molecule has 2 atom stereocenters. The highest BCUT2D eigenvalue weighted by Gasteiger charge is 2.48. The molecule has 2 heteroatoms. The minimum Gasteiger partial charge on any atom is -0.382 e. The Hall–Kier alpha value is 0.440. The van der Waals surface area contributed by atoms with E-state index in [1.807, 2.05) is 0 Å². The fourth-order valence-corrected chi connectivity index (χ4v) is 2.88. The Morgan fingerprint density at radius 1 is 1.58 bits per heavy atom. The van der Waals surface area contributed by atoms with Crippen molar-refractivity contribution in [2.24, 2.45) is 11.3 Å². The van der Waals surface area contributed by atoms with Gasteiger partial charge in [-0.3, -0.25) is 0 Å². The van der Waals surface area contributed by atoms with Crippen molar-refractivity contribution in [2.75, 3.05) is 18.5 Å². The Labute approximate surface area is 84.0 Å². The van der Waals surface area contributed by atoms with Crippen LogP contribution in [0.25, 0.3) is 0 Å². The highest BCUT2D eigenvalue weighted by atomic mass is 79.9. The van der Waals surface area contributed by atoms with E-state index in [4.69, 9.17) is 4.74 Å². The first-order valence-corrected chi connectivity index (χ1v) is 6.01. The summed E-state index contributed by atoms with van der Waals surface area (Å²) >= 11 is 3.60. The Morgan fingerprint density at radius 3 is 2.67 bits per heavy atom. The molecule has 0 amide bonds. The summed E-state index contributed by atoms with van der Waals surface area (Å²) in [6.07, 6.45) is 3.97. The summed E-state index contributed by atoms with van der Waals surface area (Å²) in [5, 5.41) is 1.17. The molecule has 1 fully saturated rings. The van der Waals surface area contributed by atoms with Gasteiger partial charge in [-0.2, -0.15) is 0 Å². The molecule has 0 aromatic rings. The summed E-state index contributed by atoms with van der Waals surface area (Å²) in [6, 6.07) is 0. The quantitative estimate of drug-likeness (QED) is 0.507. The second kappa shape index (κ2) is 4.61. The highest BCUT2D eigenvalue weighted by Crippen LogP contribution is 2.56. The van der Waals surface area contributed by atoms with Crippen LogP contribution in [0.1, 0.15) is 33.1 Å². The number of rotatable bonds is 6. The molecule has 1 saturated carbocycles. The summed E-state index contributed by atoms with van der Waals surface area (Å²) in [5.41, 5.74) is 0.636. The molecule has 0 aromatic heterocycles.